The van der Waals surface area contributed by atoms with E-state index in [0.717, 1.165) is 19.3 Å². The van der Waals surface area contributed by atoms with Crippen molar-refractivity contribution in [3.63, 3.8) is 0 Å². The average molecular weight is 332 g/mol. The van der Waals surface area contributed by atoms with Crippen LogP contribution >= 0.6 is 0 Å². The first-order chi connectivity index (χ1) is 11.6. The minimum Gasteiger partial charge on any atom is -0.375 e. The van der Waals surface area contributed by atoms with Gasteiger partial charge in [-0.25, -0.2) is 4.39 Å². The molecule has 3 fully saturated rings. The summed E-state index contributed by atoms with van der Waals surface area (Å²) in [5.74, 6) is -0.710. The molecule has 5 nitrogen and oxygen atoms in total. The molecule has 1 aromatic carbocycles. The molecule has 6 heteroatoms. The number of carbonyl (C=O) groups excluding carboxylic acids is 2. The molecule has 0 spiro atoms. The maximum atomic E-state index is 13.3. The molecule has 0 aromatic heterocycles. The largest absolute Gasteiger partial charge is 0.375 e. The normalized spacial score (nSPS) is 28.7. The number of fused-ring (bicyclic) bond motifs is 1. The van der Waals surface area contributed by atoms with Gasteiger partial charge in [-0.3, -0.25) is 9.59 Å². The number of likely N-dealkylation sites (tertiary alicyclic amines) is 1. The number of nitrogens with one attached hydrogen (secondary N) is 1. The molecular formula is C18H21FN2O3. The first kappa shape index (κ1) is 15.6. The first-order valence-corrected chi connectivity index (χ1v) is 8.58. The second-order valence-corrected chi connectivity index (χ2v) is 6.93. The highest BCUT2D eigenvalue weighted by atomic mass is 19.1. The number of rotatable bonds is 4. The maximum absolute atomic E-state index is 13.3. The molecule has 1 N–H and O–H groups in total. The monoisotopic (exact) mass is 332 g/mol. The highest BCUT2D eigenvalue weighted by Crippen LogP contribution is 2.34. The van der Waals surface area contributed by atoms with Gasteiger partial charge in [-0.05, 0) is 37.0 Å². The fourth-order valence-electron chi connectivity index (χ4n) is 3.75. The summed E-state index contributed by atoms with van der Waals surface area (Å²) >= 11 is 0. The number of amides is 2. The lowest BCUT2D eigenvalue weighted by atomic mass is 10.0. The Bertz CT molecular complexity index is 661. The van der Waals surface area contributed by atoms with E-state index in [4.69, 9.17) is 4.74 Å². The lowest BCUT2D eigenvalue weighted by Crippen LogP contribution is -2.39. The maximum Gasteiger partial charge on any atom is 0.227 e. The second-order valence-electron chi connectivity index (χ2n) is 6.93. The van der Waals surface area contributed by atoms with E-state index in [1.165, 1.54) is 12.1 Å². The Morgan fingerprint density at radius 3 is 2.88 bits per heavy atom. The lowest BCUT2D eigenvalue weighted by Gasteiger charge is -2.22. The number of hydrogen-bond acceptors (Lipinski definition) is 3. The van der Waals surface area contributed by atoms with Crippen LogP contribution in [0.25, 0.3) is 0 Å². The van der Waals surface area contributed by atoms with Gasteiger partial charge < -0.3 is 15.0 Å². The zero-order chi connectivity index (χ0) is 16.7. The lowest BCUT2D eigenvalue weighted by molar-refractivity contribution is -0.131. The molecule has 3 atom stereocenters. The molecule has 1 aliphatic carbocycles. The van der Waals surface area contributed by atoms with Crippen LogP contribution in [0.5, 0.6) is 0 Å². The average Bonchev–Trinajstić information content (AvgIpc) is 3.09. The highest BCUT2D eigenvalue weighted by Gasteiger charge is 2.50. The number of ether oxygens (including phenoxy) is 1. The van der Waals surface area contributed by atoms with Gasteiger partial charge in [-0.1, -0.05) is 12.1 Å². The molecule has 0 radical (unpaired) electrons. The third kappa shape index (κ3) is 3.02. The van der Waals surface area contributed by atoms with Crippen molar-refractivity contribution in [2.24, 2.45) is 5.92 Å². The van der Waals surface area contributed by atoms with E-state index in [1.54, 1.807) is 17.0 Å². The Balaban J connectivity index is 1.46. The molecule has 1 saturated carbocycles. The van der Waals surface area contributed by atoms with Gasteiger partial charge in [0.05, 0.1) is 24.5 Å². The SMILES string of the molecule is O=C(NC1CC1)C1CN(C(=O)Cc2cccc(F)c2)C2CCOC12. The van der Waals surface area contributed by atoms with Crippen LogP contribution in [0.1, 0.15) is 24.8 Å². The van der Waals surface area contributed by atoms with Gasteiger partial charge in [0.2, 0.25) is 11.8 Å². The zero-order valence-corrected chi connectivity index (χ0v) is 13.4. The first-order valence-electron chi connectivity index (χ1n) is 8.58. The van der Waals surface area contributed by atoms with E-state index in [-0.39, 0.29) is 42.1 Å². The van der Waals surface area contributed by atoms with Crippen molar-refractivity contribution in [1.82, 2.24) is 10.2 Å². The Kier molecular flexibility index (Phi) is 4.00. The van der Waals surface area contributed by atoms with Gasteiger partial charge in [0.1, 0.15) is 5.82 Å². The van der Waals surface area contributed by atoms with Gasteiger partial charge >= 0.3 is 0 Å². The fourth-order valence-corrected chi connectivity index (χ4v) is 3.75. The van der Waals surface area contributed by atoms with Gasteiger partial charge in [-0.2, -0.15) is 0 Å². The van der Waals surface area contributed by atoms with E-state index >= 15 is 0 Å². The van der Waals surface area contributed by atoms with Crippen LogP contribution in [0.2, 0.25) is 0 Å². The summed E-state index contributed by atoms with van der Waals surface area (Å²) < 4.78 is 19.1. The van der Waals surface area contributed by atoms with E-state index in [1.807, 2.05) is 0 Å². The molecule has 3 aliphatic rings. The Morgan fingerprint density at radius 1 is 1.29 bits per heavy atom. The van der Waals surface area contributed by atoms with Crippen LogP contribution in [0.4, 0.5) is 4.39 Å². The molecule has 2 heterocycles. The molecule has 3 unspecified atom stereocenters. The van der Waals surface area contributed by atoms with Gasteiger partial charge in [0, 0.05) is 19.2 Å². The Morgan fingerprint density at radius 2 is 2.12 bits per heavy atom. The predicted molar refractivity (Wildman–Crippen MR) is 84.6 cm³/mol. The summed E-state index contributed by atoms with van der Waals surface area (Å²) in [4.78, 5) is 26.9. The van der Waals surface area contributed by atoms with Crippen molar-refractivity contribution in [1.29, 1.82) is 0 Å². The van der Waals surface area contributed by atoms with Gasteiger partial charge in [0.15, 0.2) is 0 Å². The second kappa shape index (κ2) is 6.16. The molecule has 24 heavy (non-hydrogen) atoms. The summed E-state index contributed by atoms with van der Waals surface area (Å²) in [6.07, 6.45) is 2.77. The van der Waals surface area contributed by atoms with E-state index < -0.39 is 0 Å². The minimum atomic E-state index is -0.342. The van der Waals surface area contributed by atoms with Crippen LogP contribution < -0.4 is 5.32 Å². The molecule has 2 amide bonds. The Labute approximate surface area is 140 Å². The number of hydrogen-bond donors (Lipinski definition) is 1. The zero-order valence-electron chi connectivity index (χ0n) is 13.4. The number of benzene rings is 1. The van der Waals surface area contributed by atoms with E-state index in [9.17, 15) is 14.0 Å². The molecule has 0 bridgehead atoms. The Hall–Kier alpha value is -1.95. The fraction of sp³-hybridized carbons (Fsp3) is 0.556. The summed E-state index contributed by atoms with van der Waals surface area (Å²) in [5.41, 5.74) is 0.654. The summed E-state index contributed by atoms with van der Waals surface area (Å²) in [5, 5.41) is 3.02. The third-order valence-electron chi connectivity index (χ3n) is 5.12. The third-order valence-corrected chi connectivity index (χ3v) is 5.12. The summed E-state index contributed by atoms with van der Waals surface area (Å²) in [6.45, 7) is 0.967. The van der Waals surface area contributed by atoms with Gasteiger partial charge in [-0.15, -0.1) is 0 Å². The van der Waals surface area contributed by atoms with Crippen molar-refractivity contribution in [2.75, 3.05) is 13.2 Å². The smallest absolute Gasteiger partial charge is 0.227 e. The standard InChI is InChI=1S/C18H21FN2O3/c19-12-3-1-2-11(8-12)9-16(22)21-10-14(17-15(21)6-7-24-17)18(23)20-13-4-5-13/h1-3,8,13-15,17H,4-7,9-10H2,(H,20,23). The van der Waals surface area contributed by atoms with Crippen LogP contribution in [0.15, 0.2) is 24.3 Å². The molecule has 2 saturated heterocycles. The minimum absolute atomic E-state index is 0.00421. The van der Waals surface area contributed by atoms with Crippen LogP contribution in [0.3, 0.4) is 0 Å². The van der Waals surface area contributed by atoms with Crippen molar-refractivity contribution in [2.45, 2.75) is 43.9 Å². The predicted octanol–water partition coefficient (Wildman–Crippen LogP) is 1.26. The topological polar surface area (TPSA) is 58.6 Å². The summed E-state index contributed by atoms with van der Waals surface area (Å²) in [6, 6.07) is 6.36. The van der Waals surface area contributed by atoms with Crippen molar-refractivity contribution in [3.8, 4) is 0 Å². The quantitative estimate of drug-likeness (QED) is 0.903. The van der Waals surface area contributed by atoms with E-state index in [0.29, 0.717) is 24.8 Å². The van der Waals surface area contributed by atoms with E-state index in [2.05, 4.69) is 5.32 Å². The molecule has 2 aliphatic heterocycles. The van der Waals surface area contributed by atoms with Crippen LogP contribution in [-0.2, 0) is 20.7 Å². The number of halogens is 1. The van der Waals surface area contributed by atoms with Crippen LogP contribution in [0, 0.1) is 11.7 Å². The van der Waals surface area contributed by atoms with Crippen molar-refractivity contribution >= 4 is 11.8 Å². The summed E-state index contributed by atoms with van der Waals surface area (Å²) in [7, 11) is 0. The molecule has 4 rings (SSSR count). The van der Waals surface area contributed by atoms with Gasteiger partial charge in [0.25, 0.3) is 0 Å². The van der Waals surface area contributed by atoms with Crippen molar-refractivity contribution < 1.29 is 18.7 Å². The number of nitrogens with zero attached hydrogens (tertiary/aromatic N) is 1. The molecular weight excluding hydrogens is 311 g/mol. The molecule has 128 valence electrons. The number of carbonyl (C=O) groups is 2. The van der Waals surface area contributed by atoms with Crippen molar-refractivity contribution in [3.05, 3.63) is 35.6 Å². The highest BCUT2D eigenvalue weighted by molar-refractivity contribution is 5.84. The molecule has 1 aromatic rings. The van der Waals surface area contributed by atoms with Crippen LogP contribution in [-0.4, -0.2) is 48.1 Å².